The number of nitriles is 1. The lowest BCUT2D eigenvalue weighted by molar-refractivity contribution is -0.121. The Balaban J connectivity index is 2.73. The maximum atomic E-state index is 11.5. The van der Waals surface area contributed by atoms with Crippen molar-refractivity contribution in [1.82, 2.24) is 5.32 Å². The number of carbonyl (C=O) groups is 1. The zero-order valence-corrected chi connectivity index (χ0v) is 9.95. The highest BCUT2D eigenvalue weighted by Gasteiger charge is 2.11. The molecule has 0 aliphatic heterocycles. The number of nitrogen functional groups attached to an aromatic ring is 1. The Hall–Kier alpha value is -2.22. The second-order valence-corrected chi connectivity index (χ2v) is 3.67. The van der Waals surface area contributed by atoms with Gasteiger partial charge in [0, 0.05) is 12.2 Å². The van der Waals surface area contributed by atoms with Crippen LogP contribution < -0.4 is 16.4 Å². The molecule has 1 amide bonds. The first kappa shape index (κ1) is 12.8. The van der Waals surface area contributed by atoms with E-state index in [-0.39, 0.29) is 11.9 Å². The molecular weight excluding hydrogens is 216 g/mol. The average Bonchev–Trinajstić information content (AvgIpc) is 2.29. The van der Waals surface area contributed by atoms with Crippen molar-refractivity contribution in [2.45, 2.75) is 19.9 Å². The normalized spacial score (nSPS) is 11.4. The van der Waals surface area contributed by atoms with Crippen LogP contribution in [0.3, 0.4) is 0 Å². The molecule has 0 aromatic heterocycles. The lowest BCUT2D eigenvalue weighted by Crippen LogP contribution is -2.37. The van der Waals surface area contributed by atoms with Gasteiger partial charge in [-0.25, -0.2) is 0 Å². The number of likely N-dealkylation sites (N-methyl/N-ethyl adjacent to an activating group) is 1. The summed E-state index contributed by atoms with van der Waals surface area (Å²) in [4.78, 5) is 11.5. The smallest absolute Gasteiger partial charge is 0.242 e. The summed E-state index contributed by atoms with van der Waals surface area (Å²) in [6.45, 7) is 4.23. The molecule has 1 aromatic carbocycles. The number of benzene rings is 1. The number of nitrogens with one attached hydrogen (secondary N) is 2. The van der Waals surface area contributed by atoms with Crippen molar-refractivity contribution >= 4 is 17.3 Å². The molecule has 0 aliphatic carbocycles. The molecular formula is C12H16N4O. The van der Waals surface area contributed by atoms with Gasteiger partial charge in [-0.2, -0.15) is 5.26 Å². The quantitative estimate of drug-likeness (QED) is 0.677. The van der Waals surface area contributed by atoms with Crippen LogP contribution in [0.25, 0.3) is 0 Å². The summed E-state index contributed by atoms with van der Waals surface area (Å²) in [5.74, 6) is -0.0737. The van der Waals surface area contributed by atoms with Crippen LogP contribution in [0.1, 0.15) is 19.4 Å². The fourth-order valence-corrected chi connectivity index (χ4v) is 1.40. The molecule has 0 radical (unpaired) electrons. The van der Waals surface area contributed by atoms with Gasteiger partial charge in [-0.15, -0.1) is 0 Å². The number of nitrogens with zero attached hydrogens (tertiary/aromatic N) is 1. The summed E-state index contributed by atoms with van der Waals surface area (Å²) in [6, 6.07) is 6.64. The zero-order valence-electron chi connectivity index (χ0n) is 9.95. The second kappa shape index (κ2) is 5.75. The lowest BCUT2D eigenvalue weighted by Gasteiger charge is -2.15. The predicted molar refractivity (Wildman–Crippen MR) is 67.3 cm³/mol. The first-order chi connectivity index (χ1) is 8.08. The van der Waals surface area contributed by atoms with Crippen molar-refractivity contribution in [3.63, 3.8) is 0 Å². The number of rotatable bonds is 4. The monoisotopic (exact) mass is 232 g/mol. The molecule has 0 fully saturated rings. The number of hydrogen-bond acceptors (Lipinski definition) is 4. The topological polar surface area (TPSA) is 90.9 Å². The van der Waals surface area contributed by atoms with Crippen LogP contribution in [0.4, 0.5) is 11.4 Å². The Labute approximate surface area is 101 Å². The summed E-state index contributed by atoms with van der Waals surface area (Å²) < 4.78 is 0. The average molecular weight is 232 g/mol. The fourth-order valence-electron chi connectivity index (χ4n) is 1.40. The highest BCUT2D eigenvalue weighted by molar-refractivity contribution is 5.84. The number of amides is 1. The number of nitrogens with two attached hydrogens (primary N) is 1. The van der Waals surface area contributed by atoms with Crippen molar-refractivity contribution in [2.24, 2.45) is 0 Å². The van der Waals surface area contributed by atoms with E-state index >= 15 is 0 Å². The van der Waals surface area contributed by atoms with Gasteiger partial charge in [0.15, 0.2) is 0 Å². The number of carbonyl (C=O) groups excluding carboxylic acids is 1. The second-order valence-electron chi connectivity index (χ2n) is 3.67. The fraction of sp³-hybridized carbons (Fsp3) is 0.333. The zero-order chi connectivity index (χ0) is 12.8. The Kier molecular flexibility index (Phi) is 4.35. The van der Waals surface area contributed by atoms with Crippen LogP contribution in [0.2, 0.25) is 0 Å². The molecule has 1 rings (SSSR count). The van der Waals surface area contributed by atoms with E-state index < -0.39 is 0 Å². The predicted octanol–water partition coefficient (Wildman–Crippen LogP) is 1.08. The molecule has 0 heterocycles. The Morgan fingerprint density at radius 2 is 2.29 bits per heavy atom. The Morgan fingerprint density at radius 1 is 1.59 bits per heavy atom. The molecule has 90 valence electrons. The molecule has 5 heteroatoms. The van der Waals surface area contributed by atoms with Crippen molar-refractivity contribution < 1.29 is 4.79 Å². The maximum absolute atomic E-state index is 11.5. The van der Waals surface area contributed by atoms with Gasteiger partial charge in [0.25, 0.3) is 0 Å². The number of anilines is 2. The SMILES string of the molecule is CCNC(=O)C(C)Nc1ccc(C#N)c(N)c1. The van der Waals surface area contributed by atoms with E-state index in [1.165, 1.54) is 0 Å². The summed E-state index contributed by atoms with van der Waals surface area (Å²) >= 11 is 0. The Bertz CT molecular complexity index is 450. The minimum atomic E-state index is -0.345. The van der Waals surface area contributed by atoms with Gasteiger partial charge < -0.3 is 16.4 Å². The largest absolute Gasteiger partial charge is 0.398 e. The van der Waals surface area contributed by atoms with Crippen LogP contribution in [0.5, 0.6) is 0 Å². The molecule has 17 heavy (non-hydrogen) atoms. The van der Waals surface area contributed by atoms with E-state index in [2.05, 4.69) is 10.6 Å². The van der Waals surface area contributed by atoms with E-state index in [1.54, 1.807) is 25.1 Å². The summed E-state index contributed by atoms with van der Waals surface area (Å²) in [7, 11) is 0. The Morgan fingerprint density at radius 3 is 2.82 bits per heavy atom. The third-order valence-corrected chi connectivity index (χ3v) is 2.30. The van der Waals surface area contributed by atoms with Gasteiger partial charge in [-0.05, 0) is 32.0 Å². The van der Waals surface area contributed by atoms with Gasteiger partial charge in [0.1, 0.15) is 12.1 Å². The van der Waals surface area contributed by atoms with Gasteiger partial charge in [-0.3, -0.25) is 4.79 Å². The maximum Gasteiger partial charge on any atom is 0.242 e. The van der Waals surface area contributed by atoms with E-state index in [0.717, 1.165) is 5.69 Å². The highest BCUT2D eigenvalue weighted by atomic mass is 16.2. The van der Waals surface area contributed by atoms with Crippen LogP contribution in [0.15, 0.2) is 18.2 Å². The minimum Gasteiger partial charge on any atom is -0.398 e. The van der Waals surface area contributed by atoms with Gasteiger partial charge >= 0.3 is 0 Å². The van der Waals surface area contributed by atoms with E-state index in [4.69, 9.17) is 11.0 Å². The van der Waals surface area contributed by atoms with Gasteiger partial charge in [-0.1, -0.05) is 0 Å². The molecule has 0 bridgehead atoms. The third-order valence-electron chi connectivity index (χ3n) is 2.30. The van der Waals surface area contributed by atoms with Gasteiger partial charge in [0.05, 0.1) is 11.3 Å². The lowest BCUT2D eigenvalue weighted by atomic mass is 10.1. The van der Waals surface area contributed by atoms with Crippen molar-refractivity contribution in [3.8, 4) is 6.07 Å². The minimum absolute atomic E-state index is 0.0737. The van der Waals surface area contributed by atoms with E-state index in [1.807, 2.05) is 13.0 Å². The first-order valence-electron chi connectivity index (χ1n) is 5.42. The molecule has 5 nitrogen and oxygen atoms in total. The number of hydrogen-bond donors (Lipinski definition) is 3. The molecule has 0 spiro atoms. The summed E-state index contributed by atoms with van der Waals surface area (Å²) in [5.41, 5.74) is 7.24. The van der Waals surface area contributed by atoms with E-state index in [0.29, 0.717) is 17.8 Å². The van der Waals surface area contributed by atoms with Crippen molar-refractivity contribution in [3.05, 3.63) is 23.8 Å². The summed E-state index contributed by atoms with van der Waals surface area (Å²) in [5, 5.41) is 14.5. The van der Waals surface area contributed by atoms with Crippen LogP contribution in [0, 0.1) is 11.3 Å². The molecule has 1 unspecified atom stereocenters. The molecule has 4 N–H and O–H groups in total. The van der Waals surface area contributed by atoms with Crippen molar-refractivity contribution in [1.29, 1.82) is 5.26 Å². The van der Waals surface area contributed by atoms with Crippen LogP contribution >= 0.6 is 0 Å². The molecule has 0 aliphatic rings. The first-order valence-corrected chi connectivity index (χ1v) is 5.42. The van der Waals surface area contributed by atoms with Crippen LogP contribution in [-0.2, 0) is 4.79 Å². The van der Waals surface area contributed by atoms with Gasteiger partial charge in [0.2, 0.25) is 5.91 Å². The van der Waals surface area contributed by atoms with E-state index in [9.17, 15) is 4.79 Å². The summed E-state index contributed by atoms with van der Waals surface area (Å²) in [6.07, 6.45) is 0. The molecule has 1 atom stereocenters. The molecule has 0 saturated heterocycles. The molecule has 1 aromatic rings. The highest BCUT2D eigenvalue weighted by Crippen LogP contribution is 2.17. The third kappa shape index (κ3) is 3.38. The standard InChI is InChI=1S/C12H16N4O/c1-3-15-12(17)8(2)16-10-5-4-9(7-13)11(14)6-10/h4-6,8,16H,3,14H2,1-2H3,(H,15,17). The molecule has 0 saturated carbocycles. The van der Waals surface area contributed by atoms with Crippen molar-refractivity contribution in [2.75, 3.05) is 17.6 Å². The van der Waals surface area contributed by atoms with Crippen LogP contribution in [-0.4, -0.2) is 18.5 Å².